The van der Waals surface area contributed by atoms with E-state index in [1.54, 1.807) is 35.8 Å². The van der Waals surface area contributed by atoms with Crippen molar-refractivity contribution in [2.75, 3.05) is 6.61 Å². The van der Waals surface area contributed by atoms with Gasteiger partial charge in [0.1, 0.15) is 11.3 Å². The van der Waals surface area contributed by atoms with E-state index in [2.05, 4.69) is 0 Å². The summed E-state index contributed by atoms with van der Waals surface area (Å²) in [4.78, 5) is 26.7. The zero-order chi connectivity index (χ0) is 23.5. The van der Waals surface area contributed by atoms with E-state index in [0.717, 1.165) is 11.3 Å². The van der Waals surface area contributed by atoms with Crippen LogP contribution in [0, 0.1) is 6.92 Å². The van der Waals surface area contributed by atoms with E-state index in [9.17, 15) is 9.59 Å². The van der Waals surface area contributed by atoms with Gasteiger partial charge in [-0.1, -0.05) is 54.1 Å². The average molecular weight is 465 g/mol. The first-order valence-corrected chi connectivity index (χ1v) is 11.2. The smallest absolute Gasteiger partial charge is 0.340 e. The Morgan fingerprint density at radius 3 is 2.61 bits per heavy atom. The molecule has 0 saturated carbocycles. The SMILES string of the molecule is CCOC(=O)C1=C(N)Oc2cc(C)n(CCc3ccccc3)c(=O)c2C1c1cccc(Cl)c1. The summed E-state index contributed by atoms with van der Waals surface area (Å²) in [5, 5.41) is 0.485. The van der Waals surface area contributed by atoms with E-state index in [1.807, 2.05) is 43.3 Å². The summed E-state index contributed by atoms with van der Waals surface area (Å²) in [7, 11) is 0. The van der Waals surface area contributed by atoms with Crippen LogP contribution in [-0.2, 0) is 22.5 Å². The van der Waals surface area contributed by atoms with Gasteiger partial charge in [-0.05, 0) is 43.5 Å². The second-order valence-electron chi connectivity index (χ2n) is 7.84. The van der Waals surface area contributed by atoms with Crippen LogP contribution in [0.1, 0.15) is 35.2 Å². The molecule has 7 heteroatoms. The highest BCUT2D eigenvalue weighted by atomic mass is 35.5. The lowest BCUT2D eigenvalue weighted by atomic mass is 9.83. The number of hydrogen-bond acceptors (Lipinski definition) is 5. The van der Waals surface area contributed by atoms with Crippen LogP contribution in [0.5, 0.6) is 5.75 Å². The Morgan fingerprint density at radius 1 is 1.15 bits per heavy atom. The van der Waals surface area contributed by atoms with Crippen LogP contribution in [0.4, 0.5) is 0 Å². The number of pyridine rings is 1. The molecule has 0 bridgehead atoms. The highest BCUT2D eigenvalue weighted by Crippen LogP contribution is 2.41. The Bertz CT molecular complexity index is 1280. The van der Waals surface area contributed by atoms with Crippen molar-refractivity contribution in [2.24, 2.45) is 5.73 Å². The minimum Gasteiger partial charge on any atom is -0.462 e. The van der Waals surface area contributed by atoms with Crippen molar-refractivity contribution in [3.63, 3.8) is 0 Å². The molecular formula is C26H25ClN2O4. The van der Waals surface area contributed by atoms with Crippen molar-refractivity contribution in [3.05, 3.63) is 110 Å². The van der Waals surface area contributed by atoms with E-state index >= 15 is 0 Å². The number of hydrogen-bond donors (Lipinski definition) is 1. The van der Waals surface area contributed by atoms with Gasteiger partial charge in [-0.25, -0.2) is 4.79 Å². The maximum Gasteiger partial charge on any atom is 0.340 e. The largest absolute Gasteiger partial charge is 0.462 e. The predicted molar refractivity (Wildman–Crippen MR) is 127 cm³/mol. The Kier molecular flexibility index (Phi) is 6.56. The summed E-state index contributed by atoms with van der Waals surface area (Å²) in [6, 6.07) is 18.8. The number of fused-ring (bicyclic) bond motifs is 1. The molecular weight excluding hydrogens is 440 g/mol. The molecule has 0 amide bonds. The third-order valence-electron chi connectivity index (χ3n) is 5.71. The molecule has 1 unspecified atom stereocenters. The molecule has 0 spiro atoms. The van der Waals surface area contributed by atoms with Crippen LogP contribution >= 0.6 is 11.6 Å². The number of aryl methyl sites for hydroxylation is 2. The maximum atomic E-state index is 13.8. The lowest BCUT2D eigenvalue weighted by molar-refractivity contribution is -0.139. The van der Waals surface area contributed by atoms with Gasteiger partial charge in [-0.2, -0.15) is 0 Å². The van der Waals surface area contributed by atoms with Crippen LogP contribution in [0.25, 0.3) is 0 Å². The summed E-state index contributed by atoms with van der Waals surface area (Å²) in [5.41, 5.74) is 8.91. The van der Waals surface area contributed by atoms with Crippen molar-refractivity contribution >= 4 is 17.6 Å². The number of carbonyl (C=O) groups excluding carboxylic acids is 1. The number of ether oxygens (including phenoxy) is 2. The second-order valence-corrected chi connectivity index (χ2v) is 8.28. The first-order chi connectivity index (χ1) is 15.9. The van der Waals surface area contributed by atoms with Gasteiger partial charge in [0, 0.05) is 23.3 Å². The number of rotatable bonds is 6. The molecule has 33 heavy (non-hydrogen) atoms. The van der Waals surface area contributed by atoms with E-state index in [0.29, 0.717) is 34.9 Å². The molecule has 1 aliphatic heterocycles. The van der Waals surface area contributed by atoms with Gasteiger partial charge in [0.15, 0.2) is 0 Å². The predicted octanol–water partition coefficient (Wildman–Crippen LogP) is 4.31. The van der Waals surface area contributed by atoms with Crippen molar-refractivity contribution in [2.45, 2.75) is 32.7 Å². The Morgan fingerprint density at radius 2 is 1.91 bits per heavy atom. The minimum absolute atomic E-state index is 0.0771. The van der Waals surface area contributed by atoms with Gasteiger partial charge in [-0.3, -0.25) is 4.79 Å². The van der Waals surface area contributed by atoms with Crippen LogP contribution < -0.4 is 16.0 Å². The van der Waals surface area contributed by atoms with Crippen LogP contribution in [0.2, 0.25) is 5.02 Å². The molecule has 0 saturated heterocycles. The third-order valence-corrected chi connectivity index (χ3v) is 5.95. The standard InChI is InChI=1S/C26H25ClN2O4/c1-3-32-26(31)23-21(18-10-7-11-19(27)15-18)22-20(33-24(23)28)14-16(2)29(25(22)30)13-12-17-8-5-4-6-9-17/h4-11,14-15,21H,3,12-13,28H2,1-2H3. The van der Waals surface area contributed by atoms with Crippen molar-refractivity contribution < 1.29 is 14.3 Å². The molecule has 0 radical (unpaired) electrons. The molecule has 2 heterocycles. The van der Waals surface area contributed by atoms with Gasteiger partial charge in [0.2, 0.25) is 5.88 Å². The Hall–Kier alpha value is -3.51. The highest BCUT2D eigenvalue weighted by molar-refractivity contribution is 6.30. The zero-order valence-corrected chi connectivity index (χ0v) is 19.3. The van der Waals surface area contributed by atoms with Crippen LogP contribution in [-0.4, -0.2) is 17.1 Å². The molecule has 6 nitrogen and oxygen atoms in total. The summed E-state index contributed by atoms with van der Waals surface area (Å²) in [6.45, 7) is 4.21. The molecule has 2 N–H and O–H groups in total. The fraction of sp³-hybridized carbons (Fsp3) is 0.231. The van der Waals surface area contributed by atoms with Gasteiger partial charge >= 0.3 is 5.97 Å². The monoisotopic (exact) mass is 464 g/mol. The molecule has 2 aromatic carbocycles. The van der Waals surface area contributed by atoms with Crippen LogP contribution in [0.3, 0.4) is 0 Å². The Labute approximate surface area is 197 Å². The van der Waals surface area contributed by atoms with Crippen molar-refractivity contribution in [1.82, 2.24) is 4.57 Å². The molecule has 1 aliphatic rings. The lowest BCUT2D eigenvalue weighted by Gasteiger charge is -2.29. The van der Waals surface area contributed by atoms with Gasteiger partial charge < -0.3 is 19.8 Å². The number of benzene rings is 2. The maximum absolute atomic E-state index is 13.8. The summed E-state index contributed by atoms with van der Waals surface area (Å²) in [6.07, 6.45) is 0.686. The van der Waals surface area contributed by atoms with Crippen molar-refractivity contribution in [3.8, 4) is 5.75 Å². The molecule has 3 aromatic rings. The van der Waals surface area contributed by atoms with E-state index in [1.165, 1.54) is 0 Å². The summed E-state index contributed by atoms with van der Waals surface area (Å²) < 4.78 is 12.7. The number of nitrogens with zero attached hydrogens (tertiary/aromatic N) is 1. The van der Waals surface area contributed by atoms with E-state index < -0.39 is 11.9 Å². The molecule has 0 fully saturated rings. The van der Waals surface area contributed by atoms with Gasteiger partial charge in [-0.15, -0.1) is 0 Å². The fourth-order valence-corrected chi connectivity index (χ4v) is 4.38. The van der Waals surface area contributed by atoms with E-state index in [4.69, 9.17) is 26.8 Å². The summed E-state index contributed by atoms with van der Waals surface area (Å²) >= 11 is 6.25. The number of halogens is 1. The molecule has 1 atom stereocenters. The number of aromatic nitrogens is 1. The molecule has 170 valence electrons. The van der Waals surface area contributed by atoms with Crippen molar-refractivity contribution in [1.29, 1.82) is 0 Å². The summed E-state index contributed by atoms with van der Waals surface area (Å²) in [5.74, 6) is -1.13. The average Bonchev–Trinajstić information content (AvgIpc) is 2.78. The van der Waals surface area contributed by atoms with Gasteiger partial charge in [0.25, 0.3) is 5.56 Å². The van der Waals surface area contributed by atoms with Crippen LogP contribution in [0.15, 0.2) is 76.9 Å². The highest BCUT2D eigenvalue weighted by Gasteiger charge is 2.38. The molecule has 4 rings (SSSR count). The quantitative estimate of drug-likeness (QED) is 0.549. The first-order valence-electron chi connectivity index (χ1n) is 10.8. The lowest BCUT2D eigenvalue weighted by Crippen LogP contribution is -2.35. The zero-order valence-electron chi connectivity index (χ0n) is 18.5. The number of nitrogens with two attached hydrogens (primary N) is 1. The first kappa shape index (κ1) is 22.7. The molecule has 0 aliphatic carbocycles. The fourth-order valence-electron chi connectivity index (χ4n) is 4.18. The number of esters is 1. The number of carbonyl (C=O) groups is 1. The minimum atomic E-state index is -0.762. The topological polar surface area (TPSA) is 83.5 Å². The third kappa shape index (κ3) is 4.52. The Balaban J connectivity index is 1.86. The second kappa shape index (κ2) is 9.55. The van der Waals surface area contributed by atoms with E-state index in [-0.39, 0.29) is 23.6 Å². The molecule has 1 aromatic heterocycles. The van der Waals surface area contributed by atoms with Gasteiger partial charge in [0.05, 0.1) is 18.1 Å². The normalized spacial score (nSPS) is 15.1.